The highest BCUT2D eigenvalue weighted by molar-refractivity contribution is 6.21. The Labute approximate surface area is 111 Å². The average Bonchev–Trinajstić information content (AvgIpc) is 2.31. The first-order valence-corrected chi connectivity index (χ1v) is 7.68. The highest BCUT2D eigenvalue weighted by Gasteiger charge is 2.05. The van der Waals surface area contributed by atoms with Crippen LogP contribution >= 0.6 is 23.2 Å². The Morgan fingerprint density at radius 3 is 1.31 bits per heavy atom. The van der Waals surface area contributed by atoms with Crippen LogP contribution in [-0.2, 0) is 0 Å². The van der Waals surface area contributed by atoms with E-state index in [1.807, 2.05) is 0 Å². The van der Waals surface area contributed by atoms with Gasteiger partial charge in [-0.15, -0.1) is 23.2 Å². The van der Waals surface area contributed by atoms with Crippen molar-refractivity contribution in [1.29, 1.82) is 0 Å². The van der Waals surface area contributed by atoms with E-state index in [-0.39, 0.29) is 0 Å². The summed E-state index contributed by atoms with van der Waals surface area (Å²) in [6, 6.07) is 0. The third-order valence-corrected chi connectivity index (χ3v) is 3.63. The fourth-order valence-electron chi connectivity index (χ4n) is 1.85. The van der Waals surface area contributed by atoms with E-state index >= 15 is 0 Å². The normalized spacial score (nSPS) is 12.8. The molecule has 0 aliphatic rings. The zero-order chi connectivity index (χ0) is 12.2. The molecule has 0 N–H and O–H groups in total. The minimum atomic E-state index is 0.665. The molecule has 0 aliphatic heterocycles. The van der Waals surface area contributed by atoms with Gasteiger partial charge in [-0.25, -0.2) is 0 Å². The van der Waals surface area contributed by atoms with Crippen LogP contribution in [0.2, 0.25) is 0 Å². The smallest absolute Gasteiger partial charge is 0.0436 e. The highest BCUT2D eigenvalue weighted by Crippen LogP contribution is 2.21. The second-order valence-corrected chi connectivity index (χ2v) is 4.92. The Morgan fingerprint density at radius 1 is 0.688 bits per heavy atom. The van der Waals surface area contributed by atoms with Gasteiger partial charge in [-0.2, -0.15) is 0 Å². The molecule has 0 unspecified atom stereocenters. The van der Waals surface area contributed by atoms with E-state index in [1.54, 1.807) is 0 Å². The lowest BCUT2D eigenvalue weighted by Gasteiger charge is -2.11. The molecule has 0 heterocycles. The van der Waals surface area contributed by atoms with Gasteiger partial charge >= 0.3 is 0 Å². The summed E-state index contributed by atoms with van der Waals surface area (Å²) in [4.78, 5) is 0. The Kier molecular flexibility index (Phi) is 12.0. The molecular weight excluding hydrogens is 239 g/mol. The van der Waals surface area contributed by atoms with Gasteiger partial charge in [0.05, 0.1) is 0 Å². The Balaban J connectivity index is 4.15. The molecule has 0 amide bonds. The second kappa shape index (κ2) is 11.8. The van der Waals surface area contributed by atoms with Gasteiger partial charge in [0.15, 0.2) is 0 Å². The van der Waals surface area contributed by atoms with E-state index in [0.717, 1.165) is 12.8 Å². The van der Waals surface area contributed by atoms with E-state index in [9.17, 15) is 0 Å². The molecule has 0 saturated heterocycles. The van der Waals surface area contributed by atoms with Crippen LogP contribution in [0, 0.1) is 0 Å². The molecule has 2 heteroatoms. The first-order valence-electron chi connectivity index (χ1n) is 6.61. The lowest BCUT2D eigenvalue weighted by atomic mass is 9.99. The van der Waals surface area contributed by atoms with Crippen molar-refractivity contribution >= 4 is 23.2 Å². The lowest BCUT2D eigenvalue weighted by molar-refractivity contribution is 0.687. The van der Waals surface area contributed by atoms with Crippen molar-refractivity contribution in [2.75, 3.05) is 11.8 Å². The summed E-state index contributed by atoms with van der Waals surface area (Å²) >= 11 is 12.0. The molecule has 16 heavy (non-hydrogen) atoms. The molecule has 0 saturated carbocycles. The molecule has 0 bridgehead atoms. The molecule has 0 nitrogen and oxygen atoms in total. The van der Waals surface area contributed by atoms with Crippen LogP contribution in [0.3, 0.4) is 0 Å². The SMILES string of the molecule is CCCCC/C(CCl)=C(/CCl)CCCCC. The second-order valence-electron chi connectivity index (χ2n) is 4.39. The van der Waals surface area contributed by atoms with E-state index in [1.165, 1.54) is 49.7 Å². The Hall–Kier alpha value is 0.320. The van der Waals surface area contributed by atoms with E-state index < -0.39 is 0 Å². The fraction of sp³-hybridized carbons (Fsp3) is 0.857. The molecular formula is C14H26Cl2. The molecule has 0 radical (unpaired) electrons. The monoisotopic (exact) mass is 264 g/mol. The van der Waals surface area contributed by atoms with Gasteiger partial charge in [-0.3, -0.25) is 0 Å². The molecule has 0 aromatic heterocycles. The van der Waals surface area contributed by atoms with Crippen LogP contribution in [0.5, 0.6) is 0 Å². The largest absolute Gasteiger partial charge is 0.122 e. The van der Waals surface area contributed by atoms with Gasteiger partial charge in [0.2, 0.25) is 0 Å². The molecule has 0 rings (SSSR count). The highest BCUT2D eigenvalue weighted by atomic mass is 35.5. The zero-order valence-corrected chi connectivity index (χ0v) is 12.3. The molecule has 0 spiro atoms. The average molecular weight is 265 g/mol. The predicted octanol–water partition coefficient (Wildman–Crippen LogP) is 5.92. The maximum Gasteiger partial charge on any atom is 0.0436 e. The number of allylic oxidation sites excluding steroid dienone is 2. The van der Waals surface area contributed by atoms with Crippen LogP contribution in [0.1, 0.15) is 65.2 Å². The number of alkyl halides is 2. The van der Waals surface area contributed by atoms with Crippen LogP contribution in [0.25, 0.3) is 0 Å². The van der Waals surface area contributed by atoms with Gasteiger partial charge < -0.3 is 0 Å². The van der Waals surface area contributed by atoms with Crippen molar-refractivity contribution in [3.8, 4) is 0 Å². The predicted molar refractivity (Wildman–Crippen MR) is 76.8 cm³/mol. The summed E-state index contributed by atoms with van der Waals surface area (Å²) in [7, 11) is 0. The first-order chi connectivity index (χ1) is 7.79. The van der Waals surface area contributed by atoms with Crippen molar-refractivity contribution < 1.29 is 0 Å². The minimum absolute atomic E-state index is 0.665. The molecule has 0 aromatic carbocycles. The van der Waals surface area contributed by atoms with Crippen LogP contribution in [-0.4, -0.2) is 11.8 Å². The van der Waals surface area contributed by atoms with Crippen molar-refractivity contribution in [1.82, 2.24) is 0 Å². The number of rotatable bonds is 10. The number of hydrogen-bond acceptors (Lipinski definition) is 0. The van der Waals surface area contributed by atoms with Gasteiger partial charge in [-0.1, -0.05) is 50.7 Å². The van der Waals surface area contributed by atoms with Crippen LogP contribution in [0.4, 0.5) is 0 Å². The van der Waals surface area contributed by atoms with Crippen molar-refractivity contribution in [3.63, 3.8) is 0 Å². The third-order valence-electron chi connectivity index (χ3n) is 2.99. The molecule has 0 fully saturated rings. The number of halogens is 2. The quantitative estimate of drug-likeness (QED) is 0.261. The van der Waals surface area contributed by atoms with Gasteiger partial charge in [-0.05, 0) is 25.7 Å². The summed E-state index contributed by atoms with van der Waals surface area (Å²) in [5.41, 5.74) is 2.81. The Morgan fingerprint density at radius 2 is 1.06 bits per heavy atom. The van der Waals surface area contributed by atoms with Gasteiger partial charge in [0, 0.05) is 11.8 Å². The summed E-state index contributed by atoms with van der Waals surface area (Å²) in [5.74, 6) is 1.33. The minimum Gasteiger partial charge on any atom is -0.122 e. The molecule has 0 aliphatic carbocycles. The maximum absolute atomic E-state index is 6.02. The topological polar surface area (TPSA) is 0 Å². The molecule has 0 atom stereocenters. The van der Waals surface area contributed by atoms with Crippen LogP contribution < -0.4 is 0 Å². The van der Waals surface area contributed by atoms with E-state index in [2.05, 4.69) is 13.8 Å². The van der Waals surface area contributed by atoms with Crippen molar-refractivity contribution in [2.45, 2.75) is 65.2 Å². The first kappa shape index (κ1) is 16.3. The summed E-state index contributed by atoms with van der Waals surface area (Å²) < 4.78 is 0. The standard InChI is InChI=1S/C14H26Cl2/c1-3-5-7-9-13(11-15)14(12-16)10-8-6-4-2/h3-12H2,1-2H3/b14-13-. The number of hydrogen-bond donors (Lipinski definition) is 0. The van der Waals surface area contributed by atoms with Gasteiger partial charge in [0.25, 0.3) is 0 Å². The summed E-state index contributed by atoms with van der Waals surface area (Å²) in [5, 5.41) is 0. The Bertz CT molecular complexity index is 165. The van der Waals surface area contributed by atoms with E-state index in [4.69, 9.17) is 23.2 Å². The molecule has 0 aromatic rings. The zero-order valence-electron chi connectivity index (χ0n) is 10.8. The van der Waals surface area contributed by atoms with Crippen molar-refractivity contribution in [3.05, 3.63) is 11.1 Å². The fourth-order valence-corrected chi connectivity index (χ4v) is 2.50. The third kappa shape index (κ3) is 7.57. The molecule has 96 valence electrons. The number of unbranched alkanes of at least 4 members (excludes halogenated alkanes) is 4. The van der Waals surface area contributed by atoms with Gasteiger partial charge in [0.1, 0.15) is 0 Å². The lowest BCUT2D eigenvalue weighted by Crippen LogP contribution is -1.97. The van der Waals surface area contributed by atoms with E-state index in [0.29, 0.717) is 11.8 Å². The van der Waals surface area contributed by atoms with Crippen LogP contribution in [0.15, 0.2) is 11.1 Å². The van der Waals surface area contributed by atoms with Crippen molar-refractivity contribution in [2.24, 2.45) is 0 Å². The maximum atomic E-state index is 6.02. The summed E-state index contributed by atoms with van der Waals surface area (Å²) in [6.45, 7) is 4.46. The summed E-state index contributed by atoms with van der Waals surface area (Å²) in [6.07, 6.45) is 9.93.